The lowest BCUT2D eigenvalue weighted by atomic mass is 10.1. The van der Waals surface area contributed by atoms with Crippen LogP contribution in [0, 0.1) is 0 Å². The fourth-order valence-corrected chi connectivity index (χ4v) is 3.79. The SMILES string of the molecule is Nc1cnc2ccc(Br)cc2c1N1CCS(=O)CC1. The molecule has 0 unspecified atom stereocenters. The summed E-state index contributed by atoms with van der Waals surface area (Å²) < 4.78 is 12.5. The van der Waals surface area contributed by atoms with E-state index in [1.807, 2.05) is 18.2 Å². The van der Waals surface area contributed by atoms with Crippen LogP contribution in [0.25, 0.3) is 10.9 Å². The van der Waals surface area contributed by atoms with Gasteiger partial charge in [0.05, 0.1) is 23.1 Å². The monoisotopic (exact) mass is 339 g/mol. The lowest BCUT2D eigenvalue weighted by Gasteiger charge is -2.30. The molecule has 1 saturated heterocycles. The third kappa shape index (κ3) is 2.47. The van der Waals surface area contributed by atoms with Gasteiger partial charge in [-0.25, -0.2) is 0 Å². The number of nitrogens with two attached hydrogens (primary N) is 1. The van der Waals surface area contributed by atoms with E-state index in [4.69, 9.17) is 5.73 Å². The van der Waals surface area contributed by atoms with Crippen molar-refractivity contribution in [3.63, 3.8) is 0 Å². The number of pyridine rings is 1. The number of nitrogens with zero attached hydrogens (tertiary/aromatic N) is 2. The molecule has 1 aromatic carbocycles. The summed E-state index contributed by atoms with van der Waals surface area (Å²) in [7, 11) is -0.687. The zero-order chi connectivity index (χ0) is 13.4. The van der Waals surface area contributed by atoms with Crippen LogP contribution in [0.1, 0.15) is 0 Å². The molecule has 2 heterocycles. The van der Waals surface area contributed by atoms with Crippen LogP contribution in [0.2, 0.25) is 0 Å². The maximum atomic E-state index is 11.5. The molecular weight excluding hydrogens is 326 g/mol. The van der Waals surface area contributed by atoms with Gasteiger partial charge in [-0.05, 0) is 18.2 Å². The summed E-state index contributed by atoms with van der Waals surface area (Å²) in [6.45, 7) is 1.56. The molecule has 0 amide bonds. The van der Waals surface area contributed by atoms with Crippen LogP contribution in [-0.4, -0.2) is 33.8 Å². The Labute approximate surface area is 122 Å². The quantitative estimate of drug-likeness (QED) is 0.864. The van der Waals surface area contributed by atoms with Crippen molar-refractivity contribution in [3.05, 3.63) is 28.9 Å². The number of hydrogen-bond donors (Lipinski definition) is 1. The number of nitrogen functional groups attached to an aromatic ring is 1. The number of benzene rings is 1. The molecule has 6 heteroatoms. The molecule has 1 fully saturated rings. The van der Waals surface area contributed by atoms with E-state index in [1.165, 1.54) is 0 Å². The lowest BCUT2D eigenvalue weighted by Crippen LogP contribution is -2.38. The Morgan fingerprint density at radius 3 is 2.79 bits per heavy atom. The summed E-state index contributed by atoms with van der Waals surface area (Å²) in [6, 6.07) is 5.99. The molecule has 0 atom stereocenters. The molecule has 1 aromatic heterocycles. The van der Waals surface area contributed by atoms with Gasteiger partial charge >= 0.3 is 0 Å². The molecule has 1 aliphatic heterocycles. The Bertz CT molecular complexity index is 646. The van der Waals surface area contributed by atoms with Crippen molar-refractivity contribution in [2.75, 3.05) is 35.2 Å². The first-order chi connectivity index (χ1) is 9.15. The Balaban J connectivity index is 2.13. The van der Waals surface area contributed by atoms with Gasteiger partial charge < -0.3 is 10.6 Å². The summed E-state index contributed by atoms with van der Waals surface area (Å²) in [5, 5.41) is 1.04. The van der Waals surface area contributed by atoms with Crippen molar-refractivity contribution in [2.45, 2.75) is 0 Å². The minimum absolute atomic E-state index is 0.679. The van der Waals surface area contributed by atoms with Gasteiger partial charge in [-0.15, -0.1) is 0 Å². The van der Waals surface area contributed by atoms with Gasteiger partial charge in [-0.2, -0.15) is 0 Å². The molecule has 4 nitrogen and oxygen atoms in total. The summed E-state index contributed by atoms with van der Waals surface area (Å²) in [6.07, 6.45) is 1.71. The van der Waals surface area contributed by atoms with Crippen LogP contribution in [0.15, 0.2) is 28.9 Å². The van der Waals surface area contributed by atoms with E-state index in [2.05, 4.69) is 25.8 Å². The Hall–Kier alpha value is -1.14. The topological polar surface area (TPSA) is 59.2 Å². The van der Waals surface area contributed by atoms with Crippen LogP contribution in [0.5, 0.6) is 0 Å². The second-order valence-electron chi connectivity index (χ2n) is 4.56. The van der Waals surface area contributed by atoms with E-state index >= 15 is 0 Å². The minimum atomic E-state index is -0.687. The van der Waals surface area contributed by atoms with Gasteiger partial charge in [0, 0.05) is 45.3 Å². The highest BCUT2D eigenvalue weighted by Crippen LogP contribution is 2.33. The smallest absolute Gasteiger partial charge is 0.0745 e. The molecular formula is C13H14BrN3OS. The van der Waals surface area contributed by atoms with E-state index in [9.17, 15) is 4.21 Å². The number of rotatable bonds is 1. The van der Waals surface area contributed by atoms with Crippen molar-refractivity contribution in [1.29, 1.82) is 0 Å². The number of hydrogen-bond acceptors (Lipinski definition) is 4. The van der Waals surface area contributed by atoms with Crippen molar-refractivity contribution >= 4 is 49.0 Å². The van der Waals surface area contributed by atoms with E-state index in [1.54, 1.807) is 6.20 Å². The fraction of sp³-hybridized carbons (Fsp3) is 0.308. The van der Waals surface area contributed by atoms with Gasteiger partial charge in [0.2, 0.25) is 0 Å². The summed E-state index contributed by atoms with van der Waals surface area (Å²) in [5.74, 6) is 1.41. The highest BCUT2D eigenvalue weighted by atomic mass is 79.9. The predicted octanol–water partition coefficient (Wildman–Crippen LogP) is 2.15. The second kappa shape index (κ2) is 5.09. The average Bonchev–Trinajstić information content (AvgIpc) is 2.40. The molecule has 0 aliphatic carbocycles. The summed E-state index contributed by atoms with van der Waals surface area (Å²) in [5.41, 5.74) is 8.73. The van der Waals surface area contributed by atoms with E-state index in [0.29, 0.717) is 17.2 Å². The fourth-order valence-electron chi connectivity index (χ4n) is 2.38. The number of anilines is 2. The van der Waals surface area contributed by atoms with Crippen molar-refractivity contribution < 1.29 is 4.21 Å². The molecule has 0 bridgehead atoms. The van der Waals surface area contributed by atoms with Crippen molar-refractivity contribution in [3.8, 4) is 0 Å². The number of halogens is 1. The van der Waals surface area contributed by atoms with Gasteiger partial charge in [0.25, 0.3) is 0 Å². The first-order valence-corrected chi connectivity index (χ1v) is 8.37. The maximum Gasteiger partial charge on any atom is 0.0745 e. The third-order valence-corrected chi connectivity index (χ3v) is 5.09. The van der Waals surface area contributed by atoms with Crippen LogP contribution in [-0.2, 0) is 10.8 Å². The van der Waals surface area contributed by atoms with Crippen LogP contribution in [0.3, 0.4) is 0 Å². The largest absolute Gasteiger partial charge is 0.396 e. The summed E-state index contributed by atoms with van der Waals surface area (Å²) in [4.78, 5) is 6.58. The molecule has 0 spiro atoms. The molecule has 100 valence electrons. The Morgan fingerprint density at radius 2 is 2.05 bits per heavy atom. The zero-order valence-electron chi connectivity index (χ0n) is 10.3. The number of aromatic nitrogens is 1. The Kier molecular flexibility index (Phi) is 3.45. The normalized spacial score (nSPS) is 17.0. The maximum absolute atomic E-state index is 11.5. The predicted molar refractivity (Wildman–Crippen MR) is 83.9 cm³/mol. The van der Waals surface area contributed by atoms with E-state index < -0.39 is 10.8 Å². The van der Waals surface area contributed by atoms with E-state index in [0.717, 1.165) is 34.2 Å². The van der Waals surface area contributed by atoms with Crippen LogP contribution < -0.4 is 10.6 Å². The molecule has 19 heavy (non-hydrogen) atoms. The molecule has 3 rings (SSSR count). The molecule has 0 saturated carbocycles. The van der Waals surface area contributed by atoms with E-state index in [-0.39, 0.29) is 0 Å². The Morgan fingerprint density at radius 1 is 1.32 bits per heavy atom. The average molecular weight is 340 g/mol. The zero-order valence-corrected chi connectivity index (χ0v) is 12.7. The third-order valence-electron chi connectivity index (χ3n) is 3.32. The van der Waals surface area contributed by atoms with Gasteiger partial charge in [-0.1, -0.05) is 15.9 Å². The molecule has 2 aromatic rings. The van der Waals surface area contributed by atoms with Gasteiger partial charge in [0.15, 0.2) is 0 Å². The highest BCUT2D eigenvalue weighted by molar-refractivity contribution is 9.10. The highest BCUT2D eigenvalue weighted by Gasteiger charge is 2.20. The van der Waals surface area contributed by atoms with Gasteiger partial charge in [-0.3, -0.25) is 9.19 Å². The first kappa shape index (κ1) is 12.9. The van der Waals surface area contributed by atoms with Crippen molar-refractivity contribution in [1.82, 2.24) is 4.98 Å². The van der Waals surface area contributed by atoms with Crippen LogP contribution in [0.4, 0.5) is 11.4 Å². The molecule has 0 radical (unpaired) electrons. The first-order valence-electron chi connectivity index (χ1n) is 6.09. The van der Waals surface area contributed by atoms with Crippen molar-refractivity contribution in [2.24, 2.45) is 0 Å². The lowest BCUT2D eigenvalue weighted by molar-refractivity contribution is 0.673. The standard InChI is InChI=1S/C13H14BrN3OS/c14-9-1-2-12-10(7-9)13(11(15)8-16-12)17-3-5-19(18)6-4-17/h1-2,7-8H,3-6,15H2. The van der Waals surface area contributed by atoms with Crippen LogP contribution >= 0.6 is 15.9 Å². The molecule has 1 aliphatic rings. The number of fused-ring (bicyclic) bond motifs is 1. The summed E-state index contributed by atoms with van der Waals surface area (Å²) >= 11 is 3.49. The van der Waals surface area contributed by atoms with Gasteiger partial charge in [0.1, 0.15) is 0 Å². The second-order valence-corrected chi connectivity index (χ2v) is 7.17. The minimum Gasteiger partial charge on any atom is -0.396 e. The molecule has 2 N–H and O–H groups in total.